The molecule has 0 aromatic heterocycles. The Morgan fingerprint density at radius 1 is 1.35 bits per heavy atom. The molecular weight excluding hydrogens is 277 g/mol. The van der Waals surface area contributed by atoms with Gasteiger partial charge in [0.25, 0.3) is 0 Å². The summed E-state index contributed by atoms with van der Waals surface area (Å²) in [5.41, 5.74) is 8.47. The van der Waals surface area contributed by atoms with Crippen molar-refractivity contribution in [3.05, 3.63) is 63.9 Å². The summed E-state index contributed by atoms with van der Waals surface area (Å²) in [6, 6.07) is 9.76. The molecule has 4 heteroatoms. The predicted octanol–water partition coefficient (Wildman–Crippen LogP) is 3.85. The molecule has 0 aliphatic carbocycles. The van der Waals surface area contributed by atoms with Gasteiger partial charge in [-0.2, -0.15) is 0 Å². The summed E-state index contributed by atoms with van der Waals surface area (Å²) in [4.78, 5) is 0. The van der Waals surface area contributed by atoms with Crippen molar-refractivity contribution < 1.29 is 9.13 Å². The number of ether oxygens (including phenoxy) is 1. The third kappa shape index (κ3) is 2.28. The first-order valence-corrected chi connectivity index (χ1v) is 6.93. The van der Waals surface area contributed by atoms with Gasteiger partial charge in [0.1, 0.15) is 17.7 Å². The summed E-state index contributed by atoms with van der Waals surface area (Å²) in [6.45, 7) is 2.02. The molecule has 0 saturated carbocycles. The van der Waals surface area contributed by atoms with E-state index in [0.29, 0.717) is 10.6 Å². The van der Waals surface area contributed by atoms with Crippen molar-refractivity contribution in [2.45, 2.75) is 25.5 Å². The molecule has 2 aromatic rings. The second kappa shape index (κ2) is 5.08. The van der Waals surface area contributed by atoms with Crippen LogP contribution in [0.2, 0.25) is 5.02 Å². The highest BCUT2D eigenvalue weighted by Crippen LogP contribution is 2.34. The Bertz CT molecular complexity index is 639. The van der Waals surface area contributed by atoms with E-state index in [4.69, 9.17) is 22.1 Å². The lowest BCUT2D eigenvalue weighted by molar-refractivity contribution is 0.254. The van der Waals surface area contributed by atoms with Crippen molar-refractivity contribution >= 4 is 11.6 Å². The van der Waals surface area contributed by atoms with Crippen LogP contribution in [0.4, 0.5) is 4.39 Å². The average molecular weight is 292 g/mol. The van der Waals surface area contributed by atoms with Gasteiger partial charge in [-0.3, -0.25) is 0 Å². The minimum atomic E-state index is -0.579. The maximum atomic E-state index is 13.9. The second-order valence-electron chi connectivity index (χ2n) is 5.11. The van der Waals surface area contributed by atoms with Crippen LogP contribution in [-0.2, 0) is 6.42 Å². The van der Waals surface area contributed by atoms with Gasteiger partial charge in [0.05, 0.1) is 6.04 Å². The highest BCUT2D eigenvalue weighted by Gasteiger charge is 2.22. The molecule has 0 amide bonds. The highest BCUT2D eigenvalue weighted by atomic mass is 35.5. The van der Waals surface area contributed by atoms with Crippen molar-refractivity contribution in [1.82, 2.24) is 0 Å². The van der Waals surface area contributed by atoms with Gasteiger partial charge in [0.2, 0.25) is 0 Å². The van der Waals surface area contributed by atoms with Gasteiger partial charge in [-0.05, 0) is 36.2 Å². The molecule has 2 unspecified atom stereocenters. The van der Waals surface area contributed by atoms with Crippen LogP contribution in [0.15, 0.2) is 36.4 Å². The zero-order valence-electron chi connectivity index (χ0n) is 11.1. The first-order chi connectivity index (χ1) is 9.56. The third-order valence-electron chi connectivity index (χ3n) is 3.59. The van der Waals surface area contributed by atoms with E-state index >= 15 is 0 Å². The SMILES string of the molecule is CC1Cc2cc(C(N)c3c(F)cccc3Cl)ccc2O1. The van der Waals surface area contributed by atoms with Crippen LogP contribution in [0.5, 0.6) is 5.75 Å². The molecule has 2 aromatic carbocycles. The Morgan fingerprint density at radius 3 is 2.90 bits per heavy atom. The minimum Gasteiger partial charge on any atom is -0.490 e. The fourth-order valence-electron chi connectivity index (χ4n) is 2.61. The predicted molar refractivity (Wildman–Crippen MR) is 77.7 cm³/mol. The lowest BCUT2D eigenvalue weighted by Gasteiger charge is -2.16. The summed E-state index contributed by atoms with van der Waals surface area (Å²) in [5, 5.41) is 0.350. The van der Waals surface area contributed by atoms with Gasteiger partial charge in [-0.1, -0.05) is 29.8 Å². The Hall–Kier alpha value is -1.58. The van der Waals surface area contributed by atoms with Gasteiger partial charge in [-0.15, -0.1) is 0 Å². The third-order valence-corrected chi connectivity index (χ3v) is 3.92. The molecular formula is C16H15ClFNO. The summed E-state index contributed by atoms with van der Waals surface area (Å²) < 4.78 is 19.6. The normalized spacial score (nSPS) is 18.5. The fourth-order valence-corrected chi connectivity index (χ4v) is 2.89. The molecule has 1 aliphatic rings. The number of benzene rings is 2. The minimum absolute atomic E-state index is 0.175. The topological polar surface area (TPSA) is 35.2 Å². The fraction of sp³-hybridized carbons (Fsp3) is 0.250. The quantitative estimate of drug-likeness (QED) is 0.912. The first-order valence-electron chi connectivity index (χ1n) is 6.55. The Balaban J connectivity index is 2.00. The molecule has 0 fully saturated rings. The van der Waals surface area contributed by atoms with Crippen LogP contribution in [0.25, 0.3) is 0 Å². The van der Waals surface area contributed by atoms with E-state index in [1.54, 1.807) is 12.1 Å². The monoisotopic (exact) mass is 291 g/mol. The lowest BCUT2D eigenvalue weighted by Crippen LogP contribution is -2.14. The molecule has 0 bridgehead atoms. The Morgan fingerprint density at radius 2 is 2.15 bits per heavy atom. The molecule has 2 N–H and O–H groups in total. The zero-order chi connectivity index (χ0) is 14.3. The van der Waals surface area contributed by atoms with Gasteiger partial charge < -0.3 is 10.5 Å². The average Bonchev–Trinajstić information content (AvgIpc) is 2.77. The molecule has 2 atom stereocenters. The van der Waals surface area contributed by atoms with E-state index in [1.807, 2.05) is 25.1 Å². The van der Waals surface area contributed by atoms with Crippen molar-refractivity contribution in [1.29, 1.82) is 0 Å². The number of hydrogen-bond acceptors (Lipinski definition) is 2. The Kier molecular flexibility index (Phi) is 3.40. The van der Waals surface area contributed by atoms with E-state index in [9.17, 15) is 4.39 Å². The van der Waals surface area contributed by atoms with Crippen LogP contribution in [0.1, 0.15) is 29.7 Å². The maximum absolute atomic E-state index is 13.9. The van der Waals surface area contributed by atoms with Crippen LogP contribution in [-0.4, -0.2) is 6.10 Å². The number of halogens is 2. The maximum Gasteiger partial charge on any atom is 0.129 e. The number of nitrogens with two attached hydrogens (primary N) is 1. The molecule has 1 aliphatic heterocycles. The van der Waals surface area contributed by atoms with E-state index in [1.165, 1.54) is 6.07 Å². The van der Waals surface area contributed by atoms with Crippen LogP contribution in [0, 0.1) is 5.82 Å². The van der Waals surface area contributed by atoms with Gasteiger partial charge in [0.15, 0.2) is 0 Å². The van der Waals surface area contributed by atoms with Crippen LogP contribution >= 0.6 is 11.6 Å². The number of fused-ring (bicyclic) bond motifs is 1. The zero-order valence-corrected chi connectivity index (χ0v) is 11.8. The molecule has 20 heavy (non-hydrogen) atoms. The number of hydrogen-bond donors (Lipinski definition) is 1. The largest absolute Gasteiger partial charge is 0.490 e. The van der Waals surface area contributed by atoms with Crippen molar-refractivity contribution in [2.75, 3.05) is 0 Å². The molecule has 0 spiro atoms. The van der Waals surface area contributed by atoms with Gasteiger partial charge >= 0.3 is 0 Å². The van der Waals surface area contributed by atoms with Crippen molar-refractivity contribution in [3.63, 3.8) is 0 Å². The second-order valence-corrected chi connectivity index (χ2v) is 5.52. The molecule has 1 heterocycles. The van der Waals surface area contributed by atoms with Gasteiger partial charge in [-0.25, -0.2) is 4.39 Å². The van der Waals surface area contributed by atoms with Crippen molar-refractivity contribution in [3.8, 4) is 5.75 Å². The molecule has 0 saturated heterocycles. The first kappa shape index (κ1) is 13.4. The smallest absolute Gasteiger partial charge is 0.129 e. The Labute approximate surface area is 122 Å². The number of rotatable bonds is 2. The summed E-state index contributed by atoms with van der Waals surface area (Å²) >= 11 is 6.07. The lowest BCUT2D eigenvalue weighted by atomic mass is 9.96. The van der Waals surface area contributed by atoms with Gasteiger partial charge in [0, 0.05) is 17.0 Å². The summed E-state index contributed by atoms with van der Waals surface area (Å²) in [5.74, 6) is 0.503. The van der Waals surface area contributed by atoms with E-state index in [2.05, 4.69) is 0 Å². The van der Waals surface area contributed by atoms with Crippen molar-refractivity contribution in [2.24, 2.45) is 5.73 Å². The van der Waals surface area contributed by atoms with E-state index in [0.717, 1.165) is 23.3 Å². The molecule has 0 radical (unpaired) electrons. The molecule has 104 valence electrons. The van der Waals surface area contributed by atoms with Crippen LogP contribution < -0.4 is 10.5 Å². The van der Waals surface area contributed by atoms with Crippen LogP contribution in [0.3, 0.4) is 0 Å². The van der Waals surface area contributed by atoms with E-state index < -0.39 is 6.04 Å². The summed E-state index contributed by atoms with van der Waals surface area (Å²) in [6.07, 6.45) is 1.02. The molecule has 2 nitrogen and oxygen atoms in total. The standard InChI is InChI=1S/C16H15ClFNO/c1-9-7-11-8-10(5-6-14(11)20-9)16(19)15-12(17)3-2-4-13(15)18/h2-6,8-9,16H,7,19H2,1H3. The van der Waals surface area contributed by atoms with E-state index in [-0.39, 0.29) is 11.9 Å². The summed E-state index contributed by atoms with van der Waals surface area (Å²) in [7, 11) is 0. The molecule has 3 rings (SSSR count). The highest BCUT2D eigenvalue weighted by molar-refractivity contribution is 6.31.